The summed E-state index contributed by atoms with van der Waals surface area (Å²) in [5.41, 5.74) is -2.14. The zero-order valence-electron chi connectivity index (χ0n) is 15.2. The quantitative estimate of drug-likeness (QED) is 0.734. The van der Waals surface area contributed by atoms with Crippen LogP contribution in [-0.2, 0) is 11.7 Å². The normalized spacial score (nSPS) is 16.0. The van der Waals surface area contributed by atoms with Crippen molar-refractivity contribution < 1.29 is 22.4 Å². The number of amides is 2. The third-order valence-corrected chi connectivity index (χ3v) is 4.85. The summed E-state index contributed by atoms with van der Waals surface area (Å²) in [6, 6.07) is 4.36. The molecule has 0 spiro atoms. The molecule has 0 saturated heterocycles. The molecule has 0 atom stereocenters. The lowest BCUT2D eigenvalue weighted by atomic mass is 9.79. The predicted molar refractivity (Wildman–Crippen MR) is 95.1 cm³/mol. The number of carbonyl (C=O) groups is 1. The summed E-state index contributed by atoms with van der Waals surface area (Å²) < 4.78 is 52.6. The van der Waals surface area contributed by atoms with Crippen molar-refractivity contribution >= 4 is 11.7 Å². The molecule has 0 unspecified atom stereocenters. The number of urea groups is 1. The Labute approximate surface area is 164 Å². The van der Waals surface area contributed by atoms with Crippen molar-refractivity contribution in [2.45, 2.75) is 43.8 Å². The van der Waals surface area contributed by atoms with Gasteiger partial charge in [-0.25, -0.2) is 19.2 Å². The highest BCUT2D eigenvalue weighted by atomic mass is 19.4. The third kappa shape index (κ3) is 4.62. The molecule has 1 aromatic carbocycles. The highest BCUT2D eigenvalue weighted by molar-refractivity contribution is 5.90. The minimum absolute atomic E-state index is 0.0569. The van der Waals surface area contributed by atoms with E-state index >= 15 is 0 Å². The molecule has 1 aliphatic rings. The lowest BCUT2D eigenvalue weighted by Crippen LogP contribution is -2.49. The summed E-state index contributed by atoms with van der Waals surface area (Å²) in [5.74, 6) is -1.04. The Morgan fingerprint density at radius 3 is 2.55 bits per heavy atom. The van der Waals surface area contributed by atoms with Gasteiger partial charge in [-0.3, -0.25) is 0 Å². The van der Waals surface area contributed by atoms with Gasteiger partial charge < -0.3 is 10.6 Å². The number of rotatable bonds is 3. The first-order chi connectivity index (χ1) is 13.7. The zero-order chi connectivity index (χ0) is 21.1. The van der Waals surface area contributed by atoms with Crippen molar-refractivity contribution in [3.8, 4) is 6.07 Å². The van der Waals surface area contributed by atoms with Gasteiger partial charge in [0.25, 0.3) is 0 Å². The highest BCUT2D eigenvalue weighted by Crippen LogP contribution is 2.36. The van der Waals surface area contributed by atoms with Crippen LogP contribution in [0.2, 0.25) is 0 Å². The van der Waals surface area contributed by atoms with Crippen LogP contribution >= 0.6 is 0 Å². The first-order valence-electron chi connectivity index (χ1n) is 8.93. The van der Waals surface area contributed by atoms with E-state index in [1.165, 1.54) is 6.20 Å². The number of nitriles is 1. The Bertz CT molecular complexity index is 948. The summed E-state index contributed by atoms with van der Waals surface area (Å²) in [4.78, 5) is 20.5. The van der Waals surface area contributed by atoms with Gasteiger partial charge in [0.1, 0.15) is 11.9 Å². The number of alkyl halides is 3. The van der Waals surface area contributed by atoms with Crippen LogP contribution in [0.4, 0.5) is 28.0 Å². The van der Waals surface area contributed by atoms with Gasteiger partial charge in [0, 0.05) is 6.20 Å². The van der Waals surface area contributed by atoms with Gasteiger partial charge in [-0.05, 0) is 37.1 Å². The van der Waals surface area contributed by atoms with Gasteiger partial charge in [0.05, 0.1) is 22.5 Å². The highest BCUT2D eigenvalue weighted by Gasteiger charge is 2.37. The number of hydrogen-bond acceptors (Lipinski definition) is 4. The fourth-order valence-electron chi connectivity index (χ4n) is 3.45. The maximum atomic E-state index is 13.9. The summed E-state index contributed by atoms with van der Waals surface area (Å²) >= 11 is 0. The van der Waals surface area contributed by atoms with Gasteiger partial charge in [-0.1, -0.05) is 19.3 Å². The molecule has 6 nitrogen and oxygen atoms in total. The van der Waals surface area contributed by atoms with Crippen LogP contribution in [0.25, 0.3) is 0 Å². The van der Waals surface area contributed by atoms with Crippen LogP contribution in [0.5, 0.6) is 0 Å². The lowest BCUT2D eigenvalue weighted by Gasteiger charge is -2.37. The zero-order valence-corrected chi connectivity index (χ0v) is 15.2. The number of halogens is 4. The van der Waals surface area contributed by atoms with Gasteiger partial charge in [-0.15, -0.1) is 0 Å². The lowest BCUT2D eigenvalue weighted by molar-refractivity contribution is -0.137. The molecular weight excluding hydrogens is 390 g/mol. The fourth-order valence-corrected chi connectivity index (χ4v) is 3.45. The van der Waals surface area contributed by atoms with Crippen LogP contribution in [0.15, 0.2) is 30.5 Å². The van der Waals surface area contributed by atoms with E-state index in [0.29, 0.717) is 36.7 Å². The Kier molecular flexibility index (Phi) is 5.68. The molecule has 29 heavy (non-hydrogen) atoms. The maximum absolute atomic E-state index is 13.9. The van der Waals surface area contributed by atoms with E-state index in [1.54, 1.807) is 6.07 Å². The van der Waals surface area contributed by atoms with Crippen LogP contribution in [0.1, 0.15) is 49.2 Å². The number of hydrogen-bond donors (Lipinski definition) is 2. The second kappa shape index (κ2) is 8.03. The Balaban J connectivity index is 1.86. The van der Waals surface area contributed by atoms with Gasteiger partial charge in [0.2, 0.25) is 5.82 Å². The van der Waals surface area contributed by atoms with E-state index < -0.39 is 34.8 Å². The molecule has 0 bridgehead atoms. The summed E-state index contributed by atoms with van der Waals surface area (Å²) in [5, 5.41) is 13.9. The third-order valence-electron chi connectivity index (χ3n) is 4.85. The second-order valence-corrected chi connectivity index (χ2v) is 6.79. The van der Waals surface area contributed by atoms with E-state index in [-0.39, 0.29) is 5.82 Å². The Morgan fingerprint density at radius 2 is 1.90 bits per heavy atom. The van der Waals surface area contributed by atoms with Crippen LogP contribution in [0, 0.1) is 17.1 Å². The van der Waals surface area contributed by atoms with Crippen LogP contribution in [-0.4, -0.2) is 16.0 Å². The monoisotopic (exact) mass is 407 g/mol. The minimum atomic E-state index is -4.67. The van der Waals surface area contributed by atoms with Crippen LogP contribution in [0.3, 0.4) is 0 Å². The average Bonchev–Trinajstić information content (AvgIpc) is 2.69. The first-order valence-corrected chi connectivity index (χ1v) is 8.93. The molecule has 1 saturated carbocycles. The molecule has 1 aliphatic carbocycles. The van der Waals surface area contributed by atoms with E-state index in [9.17, 15) is 22.4 Å². The van der Waals surface area contributed by atoms with E-state index in [1.807, 2.05) is 6.07 Å². The molecule has 3 rings (SSSR count). The number of carbonyl (C=O) groups excluding carboxylic acids is 1. The van der Waals surface area contributed by atoms with Crippen molar-refractivity contribution in [2.24, 2.45) is 0 Å². The summed E-state index contributed by atoms with van der Waals surface area (Å²) in [7, 11) is 0. The standard InChI is InChI=1S/C19H17F4N5O/c20-13-5-4-12(19(21,22)23)10-14(13)26-17(29)28-18(7-2-1-3-8-18)15-6-9-25-16(11-24)27-15/h4-6,9-10H,1-3,7-8H2,(H2,26,28,29). The Hall–Kier alpha value is -3.22. The van der Waals surface area contributed by atoms with Gasteiger partial charge in [0.15, 0.2) is 0 Å². The largest absolute Gasteiger partial charge is 0.416 e. The molecule has 2 amide bonds. The molecule has 0 radical (unpaired) electrons. The number of nitrogens with zero attached hydrogens (tertiary/aromatic N) is 3. The van der Waals surface area contributed by atoms with Gasteiger partial charge >= 0.3 is 12.2 Å². The van der Waals surface area contributed by atoms with Crippen molar-refractivity contribution in [2.75, 3.05) is 5.32 Å². The SMILES string of the molecule is N#Cc1nccc(C2(NC(=O)Nc3cc(C(F)(F)F)ccc3F)CCCCC2)n1. The van der Waals surface area contributed by atoms with Crippen molar-refractivity contribution in [3.05, 3.63) is 53.4 Å². The van der Waals surface area contributed by atoms with E-state index in [0.717, 1.165) is 19.3 Å². The number of anilines is 1. The van der Waals surface area contributed by atoms with E-state index in [2.05, 4.69) is 20.6 Å². The molecule has 1 fully saturated rings. The van der Waals surface area contributed by atoms with Crippen LogP contribution < -0.4 is 10.6 Å². The molecule has 1 aromatic heterocycles. The van der Waals surface area contributed by atoms with E-state index in [4.69, 9.17) is 5.26 Å². The molecule has 1 heterocycles. The maximum Gasteiger partial charge on any atom is 0.416 e. The average molecular weight is 407 g/mol. The summed E-state index contributed by atoms with van der Waals surface area (Å²) in [6.45, 7) is 0. The number of benzene rings is 1. The molecule has 2 N–H and O–H groups in total. The summed E-state index contributed by atoms with van der Waals surface area (Å²) in [6.07, 6.45) is 0.293. The number of aromatic nitrogens is 2. The second-order valence-electron chi connectivity index (χ2n) is 6.79. The molecular formula is C19H17F4N5O. The van der Waals surface area contributed by atoms with Crippen molar-refractivity contribution in [1.29, 1.82) is 5.26 Å². The number of nitrogens with one attached hydrogen (secondary N) is 2. The van der Waals surface area contributed by atoms with Crippen molar-refractivity contribution in [1.82, 2.24) is 15.3 Å². The predicted octanol–water partition coefficient (Wildman–Crippen LogP) is 4.49. The smallest absolute Gasteiger partial charge is 0.327 e. The minimum Gasteiger partial charge on any atom is -0.327 e. The molecule has 2 aromatic rings. The molecule has 0 aliphatic heterocycles. The Morgan fingerprint density at radius 1 is 1.17 bits per heavy atom. The molecule has 152 valence electrons. The topological polar surface area (TPSA) is 90.7 Å². The molecule has 10 heteroatoms. The fraction of sp³-hybridized carbons (Fsp3) is 0.368. The van der Waals surface area contributed by atoms with Gasteiger partial charge in [-0.2, -0.15) is 18.4 Å². The first kappa shape index (κ1) is 20.5. The van der Waals surface area contributed by atoms with Crippen molar-refractivity contribution in [3.63, 3.8) is 0 Å².